The molecule has 1 fully saturated rings. The molecule has 1 aliphatic heterocycles. The maximum Gasteiger partial charge on any atom is 0.417 e. The number of anilines is 1. The van der Waals surface area contributed by atoms with Gasteiger partial charge in [0.15, 0.2) is 0 Å². The molecule has 0 saturated carbocycles. The highest BCUT2D eigenvalue weighted by atomic mass is 19.4. The molecule has 180 valence electrons. The third-order valence-electron chi connectivity index (χ3n) is 6.31. The average Bonchev–Trinajstić information content (AvgIpc) is 3.23. The number of benzene rings is 1. The lowest BCUT2D eigenvalue weighted by molar-refractivity contribution is -0.137. The highest BCUT2D eigenvalue weighted by Gasteiger charge is 2.34. The molecule has 2 unspecified atom stereocenters. The van der Waals surface area contributed by atoms with Gasteiger partial charge in [0.25, 0.3) is 5.91 Å². The number of carbonyl (C=O) groups is 1. The first-order chi connectivity index (χ1) is 16.1. The zero-order valence-corrected chi connectivity index (χ0v) is 19.4. The van der Waals surface area contributed by atoms with Gasteiger partial charge in [-0.1, -0.05) is 18.6 Å². The van der Waals surface area contributed by atoms with Gasteiger partial charge in [-0.2, -0.15) is 18.3 Å². The molecule has 0 aliphatic carbocycles. The summed E-state index contributed by atoms with van der Waals surface area (Å²) in [6.07, 6.45) is 0.0936. The summed E-state index contributed by atoms with van der Waals surface area (Å²) in [6, 6.07) is 9.84. The van der Waals surface area contributed by atoms with E-state index in [-0.39, 0.29) is 17.9 Å². The fraction of sp³-hybridized carbons (Fsp3) is 0.400. The van der Waals surface area contributed by atoms with Crippen molar-refractivity contribution >= 4 is 11.7 Å². The van der Waals surface area contributed by atoms with Gasteiger partial charge in [-0.3, -0.25) is 4.79 Å². The average molecular weight is 472 g/mol. The third-order valence-corrected chi connectivity index (χ3v) is 6.31. The quantitative estimate of drug-likeness (QED) is 0.552. The molecule has 0 bridgehead atoms. The predicted molar refractivity (Wildman–Crippen MR) is 124 cm³/mol. The van der Waals surface area contributed by atoms with Gasteiger partial charge >= 0.3 is 6.18 Å². The molecule has 3 aromatic rings. The zero-order valence-electron chi connectivity index (χ0n) is 19.4. The number of carbonyl (C=O) groups excluding carboxylic acids is 1. The van der Waals surface area contributed by atoms with E-state index in [1.54, 1.807) is 4.68 Å². The van der Waals surface area contributed by atoms with E-state index in [1.165, 1.54) is 6.07 Å². The van der Waals surface area contributed by atoms with E-state index in [0.29, 0.717) is 24.5 Å². The second kappa shape index (κ2) is 9.48. The third kappa shape index (κ3) is 5.08. The molecule has 2 aromatic heterocycles. The molecule has 1 aliphatic rings. The van der Waals surface area contributed by atoms with E-state index < -0.39 is 11.7 Å². The van der Waals surface area contributed by atoms with Crippen LogP contribution in [0.25, 0.3) is 5.69 Å². The van der Waals surface area contributed by atoms with Gasteiger partial charge < -0.3 is 10.2 Å². The summed E-state index contributed by atoms with van der Waals surface area (Å²) in [6.45, 7) is 6.95. The Hall–Kier alpha value is -3.36. The molecule has 0 spiro atoms. The Labute approximate surface area is 196 Å². The van der Waals surface area contributed by atoms with Crippen LogP contribution in [0.2, 0.25) is 0 Å². The molecule has 1 N–H and O–H groups in total. The minimum Gasteiger partial charge on any atom is -0.368 e. The van der Waals surface area contributed by atoms with Crippen molar-refractivity contribution in [2.45, 2.75) is 45.8 Å². The molecule has 0 radical (unpaired) electrons. The van der Waals surface area contributed by atoms with Crippen LogP contribution in [0.3, 0.4) is 0 Å². The van der Waals surface area contributed by atoms with Crippen molar-refractivity contribution in [3.8, 4) is 5.69 Å². The highest BCUT2D eigenvalue weighted by molar-refractivity contribution is 5.98. The number of likely N-dealkylation sites (tertiary alicyclic amines) is 1. The summed E-state index contributed by atoms with van der Waals surface area (Å²) in [5.41, 5.74) is 2.34. The molecule has 2 atom stereocenters. The molecule has 34 heavy (non-hydrogen) atoms. The van der Waals surface area contributed by atoms with Crippen LogP contribution < -0.4 is 5.32 Å². The fourth-order valence-corrected chi connectivity index (χ4v) is 4.41. The summed E-state index contributed by atoms with van der Waals surface area (Å²) < 4.78 is 40.2. The number of amides is 1. The number of hydrogen-bond acceptors (Lipinski definition) is 4. The molecule has 1 aromatic carbocycles. The number of hydrogen-bond donors (Lipinski definition) is 1. The number of piperidine rings is 1. The number of nitrogens with zero attached hydrogens (tertiary/aromatic N) is 4. The number of aromatic nitrogens is 3. The minimum atomic E-state index is -4.43. The Morgan fingerprint density at radius 3 is 2.62 bits per heavy atom. The van der Waals surface area contributed by atoms with Crippen molar-refractivity contribution in [1.29, 1.82) is 0 Å². The summed E-state index contributed by atoms with van der Waals surface area (Å²) >= 11 is 0. The van der Waals surface area contributed by atoms with Crippen LogP contribution >= 0.6 is 0 Å². The van der Waals surface area contributed by atoms with E-state index >= 15 is 0 Å². The van der Waals surface area contributed by atoms with Crippen LogP contribution in [0, 0.1) is 19.8 Å². The number of alkyl halides is 3. The molecule has 1 saturated heterocycles. The largest absolute Gasteiger partial charge is 0.417 e. The van der Waals surface area contributed by atoms with Gasteiger partial charge in [0.05, 0.1) is 28.6 Å². The topological polar surface area (TPSA) is 63.1 Å². The molecule has 6 nitrogen and oxygen atoms in total. The van der Waals surface area contributed by atoms with E-state index in [2.05, 4.69) is 22.3 Å². The Kier molecular flexibility index (Phi) is 6.63. The van der Waals surface area contributed by atoms with Gasteiger partial charge in [-0.25, -0.2) is 9.67 Å². The van der Waals surface area contributed by atoms with E-state index in [1.807, 2.05) is 49.2 Å². The second-order valence-corrected chi connectivity index (χ2v) is 8.92. The highest BCUT2D eigenvalue weighted by Crippen LogP contribution is 2.30. The van der Waals surface area contributed by atoms with Crippen molar-refractivity contribution < 1.29 is 18.0 Å². The van der Waals surface area contributed by atoms with Gasteiger partial charge in [-0.05, 0) is 62.9 Å². The van der Waals surface area contributed by atoms with Crippen molar-refractivity contribution in [2.75, 3.05) is 18.4 Å². The lowest BCUT2D eigenvalue weighted by Crippen LogP contribution is -2.51. The van der Waals surface area contributed by atoms with Crippen LogP contribution in [0.15, 0.2) is 48.8 Å². The van der Waals surface area contributed by atoms with E-state index in [0.717, 1.165) is 42.0 Å². The second-order valence-electron chi connectivity index (χ2n) is 8.92. The van der Waals surface area contributed by atoms with Crippen LogP contribution in [0.4, 0.5) is 19.0 Å². The molecule has 4 rings (SSSR count). The summed E-state index contributed by atoms with van der Waals surface area (Å²) in [5, 5.41) is 7.61. The Morgan fingerprint density at radius 2 is 1.97 bits per heavy atom. The van der Waals surface area contributed by atoms with E-state index in [9.17, 15) is 18.0 Å². The summed E-state index contributed by atoms with van der Waals surface area (Å²) in [4.78, 5) is 19.6. The van der Waals surface area contributed by atoms with Gasteiger partial charge in [0.1, 0.15) is 5.82 Å². The normalized spacial score (nSPS) is 18.7. The number of pyridine rings is 1. The van der Waals surface area contributed by atoms with Crippen molar-refractivity contribution in [3.63, 3.8) is 0 Å². The van der Waals surface area contributed by atoms with Crippen LogP contribution in [0.5, 0.6) is 0 Å². The fourth-order valence-electron chi connectivity index (χ4n) is 4.41. The number of rotatable bonds is 5. The number of nitrogens with one attached hydrogen (secondary N) is 1. The van der Waals surface area contributed by atoms with Crippen molar-refractivity contribution in [2.24, 2.45) is 5.92 Å². The summed E-state index contributed by atoms with van der Waals surface area (Å²) in [7, 11) is 0. The first kappa shape index (κ1) is 23.8. The SMILES string of the molecule is Cc1ccc(-n2ccc(C)n2)c(C(=O)N2CCCC(C)C2CNc2ccc(C(F)(F)F)cn2)c1. The number of aryl methyl sites for hydroxylation is 2. The number of halogens is 3. The van der Waals surface area contributed by atoms with Crippen LogP contribution in [0.1, 0.15) is 46.9 Å². The smallest absolute Gasteiger partial charge is 0.368 e. The van der Waals surface area contributed by atoms with Gasteiger partial charge in [0.2, 0.25) is 0 Å². The monoisotopic (exact) mass is 471 g/mol. The first-order valence-corrected chi connectivity index (χ1v) is 11.3. The lowest BCUT2D eigenvalue weighted by atomic mass is 9.89. The molecule has 3 heterocycles. The maximum absolute atomic E-state index is 13.8. The van der Waals surface area contributed by atoms with Crippen LogP contribution in [-0.2, 0) is 6.18 Å². The zero-order chi connectivity index (χ0) is 24.5. The predicted octanol–water partition coefficient (Wildman–Crippen LogP) is 5.26. The Morgan fingerprint density at radius 1 is 1.18 bits per heavy atom. The van der Waals surface area contributed by atoms with Crippen LogP contribution in [-0.4, -0.2) is 44.7 Å². The summed E-state index contributed by atoms with van der Waals surface area (Å²) in [5.74, 6) is 0.492. The lowest BCUT2D eigenvalue weighted by Gasteiger charge is -2.40. The molecule has 9 heteroatoms. The maximum atomic E-state index is 13.8. The van der Waals surface area contributed by atoms with E-state index in [4.69, 9.17) is 0 Å². The molecular formula is C25H28F3N5O. The van der Waals surface area contributed by atoms with Crippen molar-refractivity contribution in [1.82, 2.24) is 19.7 Å². The molecule has 1 amide bonds. The van der Waals surface area contributed by atoms with Gasteiger partial charge in [0, 0.05) is 25.5 Å². The van der Waals surface area contributed by atoms with Crippen molar-refractivity contribution in [3.05, 3.63) is 71.2 Å². The minimum absolute atomic E-state index is 0.0782. The Bertz CT molecular complexity index is 1160. The van der Waals surface area contributed by atoms with Gasteiger partial charge in [-0.15, -0.1) is 0 Å². The standard InChI is InChI=1S/C25H28F3N5O/c1-16-6-8-21(33-12-10-18(3)31-33)20(13-16)24(34)32-11-4-5-17(2)22(32)15-30-23-9-7-19(14-29-23)25(26,27)28/h6-10,12-14,17,22H,4-5,11,15H2,1-3H3,(H,29,30). The molecular weight excluding hydrogens is 443 g/mol. The first-order valence-electron chi connectivity index (χ1n) is 11.3. The Balaban J connectivity index is 1.57.